The second kappa shape index (κ2) is 8.54. The Bertz CT molecular complexity index is 861. The Morgan fingerprint density at radius 2 is 2.04 bits per heavy atom. The van der Waals surface area contributed by atoms with Gasteiger partial charge < -0.3 is 5.32 Å². The molecule has 0 saturated carbocycles. The molecule has 5 nitrogen and oxygen atoms in total. The number of amides is 1. The van der Waals surface area contributed by atoms with Crippen molar-refractivity contribution < 1.29 is 13.2 Å². The largest absolute Gasteiger partial charge is 0.349 e. The van der Waals surface area contributed by atoms with E-state index in [0.717, 1.165) is 12.0 Å². The highest BCUT2D eigenvalue weighted by atomic mass is 32.2. The van der Waals surface area contributed by atoms with E-state index in [1.54, 1.807) is 17.5 Å². The summed E-state index contributed by atoms with van der Waals surface area (Å²) in [5.41, 5.74) is 2.26. The average molecular weight is 407 g/mol. The molecule has 2 aromatic rings. The molecular weight excluding hydrogens is 380 g/mol. The highest BCUT2D eigenvalue weighted by Gasteiger charge is 2.34. The molecule has 1 aliphatic heterocycles. The highest BCUT2D eigenvalue weighted by Crippen LogP contribution is 2.27. The first-order valence-corrected chi connectivity index (χ1v) is 11.6. The van der Waals surface area contributed by atoms with Crippen molar-refractivity contribution >= 4 is 27.3 Å². The molecule has 2 heterocycles. The van der Waals surface area contributed by atoms with Gasteiger partial charge in [-0.15, -0.1) is 11.3 Å². The minimum atomic E-state index is -3.50. The summed E-state index contributed by atoms with van der Waals surface area (Å²) < 4.78 is 27.3. The van der Waals surface area contributed by atoms with Gasteiger partial charge in [-0.05, 0) is 43.2 Å². The van der Waals surface area contributed by atoms with E-state index >= 15 is 0 Å². The van der Waals surface area contributed by atoms with Gasteiger partial charge >= 0.3 is 0 Å². The summed E-state index contributed by atoms with van der Waals surface area (Å²) in [4.78, 5) is 12.8. The number of sulfonamides is 1. The second-order valence-electron chi connectivity index (χ2n) is 7.01. The van der Waals surface area contributed by atoms with Crippen LogP contribution in [0.3, 0.4) is 0 Å². The van der Waals surface area contributed by atoms with E-state index in [9.17, 15) is 13.2 Å². The van der Waals surface area contributed by atoms with Gasteiger partial charge in [-0.1, -0.05) is 42.8 Å². The first kappa shape index (κ1) is 20.0. The summed E-state index contributed by atoms with van der Waals surface area (Å²) in [5, 5.41) is 4.88. The van der Waals surface area contributed by atoms with Crippen molar-refractivity contribution in [2.75, 3.05) is 13.1 Å². The van der Waals surface area contributed by atoms with E-state index in [2.05, 4.69) is 5.32 Å². The van der Waals surface area contributed by atoms with E-state index in [4.69, 9.17) is 0 Å². The number of rotatable bonds is 6. The average Bonchev–Trinajstić information content (AvgIpc) is 3.22. The molecule has 27 heavy (non-hydrogen) atoms. The summed E-state index contributed by atoms with van der Waals surface area (Å²) >= 11 is 1.22. The highest BCUT2D eigenvalue weighted by molar-refractivity contribution is 7.91. The van der Waals surface area contributed by atoms with Gasteiger partial charge in [0.2, 0.25) is 5.91 Å². The van der Waals surface area contributed by atoms with Crippen molar-refractivity contribution in [2.45, 2.75) is 43.4 Å². The van der Waals surface area contributed by atoms with Crippen LogP contribution >= 0.6 is 11.3 Å². The minimum absolute atomic E-state index is 0.0534. The maximum atomic E-state index is 12.8. The van der Waals surface area contributed by atoms with Crippen LogP contribution in [0.25, 0.3) is 0 Å². The van der Waals surface area contributed by atoms with Gasteiger partial charge in [0.05, 0.1) is 12.0 Å². The van der Waals surface area contributed by atoms with Gasteiger partial charge in [-0.2, -0.15) is 4.31 Å². The lowest BCUT2D eigenvalue weighted by Gasteiger charge is -2.31. The molecule has 1 saturated heterocycles. The first-order valence-electron chi connectivity index (χ1n) is 9.32. The smallest absolute Gasteiger partial charge is 0.252 e. The molecule has 0 radical (unpaired) electrons. The standard InChI is InChI=1S/C20H26N2O3S2/c1-3-18(16-10-8-15(2)9-11-16)21-20(23)17-6-4-12-22(14-17)27(24,25)19-7-5-13-26-19/h5,7-11,13,17-18H,3-4,6,12,14H2,1-2H3,(H,21,23)/t17-,18-/m0/s1. The van der Waals surface area contributed by atoms with Gasteiger partial charge in [0, 0.05) is 13.1 Å². The normalized spacial score (nSPS) is 19.6. The molecule has 0 bridgehead atoms. The lowest BCUT2D eigenvalue weighted by Crippen LogP contribution is -2.45. The molecule has 1 aromatic carbocycles. The monoisotopic (exact) mass is 406 g/mol. The van der Waals surface area contributed by atoms with Gasteiger partial charge in [-0.3, -0.25) is 4.79 Å². The summed E-state index contributed by atoms with van der Waals surface area (Å²) in [6.45, 7) is 4.79. The second-order valence-corrected chi connectivity index (χ2v) is 10.1. The number of benzene rings is 1. The number of hydrogen-bond acceptors (Lipinski definition) is 4. The predicted molar refractivity (Wildman–Crippen MR) is 108 cm³/mol. The van der Waals surface area contributed by atoms with Crippen molar-refractivity contribution in [3.05, 3.63) is 52.9 Å². The topological polar surface area (TPSA) is 66.5 Å². The molecule has 3 rings (SSSR count). The number of nitrogens with one attached hydrogen (secondary N) is 1. The zero-order valence-corrected chi connectivity index (χ0v) is 17.4. The Morgan fingerprint density at radius 1 is 1.30 bits per heavy atom. The Labute approximate surface area is 165 Å². The van der Waals surface area contributed by atoms with Crippen molar-refractivity contribution in [3.8, 4) is 0 Å². The minimum Gasteiger partial charge on any atom is -0.349 e. The fourth-order valence-electron chi connectivity index (χ4n) is 3.42. The van der Waals surface area contributed by atoms with Crippen molar-refractivity contribution in [3.63, 3.8) is 0 Å². The molecule has 146 valence electrons. The van der Waals surface area contributed by atoms with Crippen molar-refractivity contribution in [1.29, 1.82) is 0 Å². The Morgan fingerprint density at radius 3 is 2.67 bits per heavy atom. The Kier molecular flexibility index (Phi) is 6.34. The number of carbonyl (C=O) groups excluding carboxylic acids is 1. The van der Waals surface area contributed by atoms with Crippen LogP contribution in [-0.4, -0.2) is 31.7 Å². The molecule has 1 N–H and O–H groups in total. The molecular formula is C20H26N2O3S2. The van der Waals surface area contributed by atoms with E-state index in [1.165, 1.54) is 21.2 Å². The van der Waals surface area contributed by atoms with Crippen LogP contribution in [0.1, 0.15) is 43.4 Å². The van der Waals surface area contributed by atoms with Gasteiger partial charge in [-0.25, -0.2) is 8.42 Å². The van der Waals surface area contributed by atoms with Crippen LogP contribution in [0.5, 0.6) is 0 Å². The van der Waals surface area contributed by atoms with Crippen LogP contribution < -0.4 is 5.32 Å². The molecule has 1 fully saturated rings. The van der Waals surface area contributed by atoms with Crippen LogP contribution in [0.15, 0.2) is 46.0 Å². The van der Waals surface area contributed by atoms with Crippen LogP contribution in [-0.2, 0) is 14.8 Å². The van der Waals surface area contributed by atoms with Crippen LogP contribution in [0.2, 0.25) is 0 Å². The summed E-state index contributed by atoms with van der Waals surface area (Å²) in [6.07, 6.45) is 2.20. The molecule has 1 amide bonds. The first-order chi connectivity index (χ1) is 12.9. The van der Waals surface area contributed by atoms with Crippen molar-refractivity contribution in [2.24, 2.45) is 5.92 Å². The third-order valence-electron chi connectivity index (χ3n) is 5.05. The van der Waals surface area contributed by atoms with E-state index in [0.29, 0.717) is 23.6 Å². The third kappa shape index (κ3) is 4.59. The summed E-state index contributed by atoms with van der Waals surface area (Å²) in [5.74, 6) is -0.374. The molecule has 0 spiro atoms. The fraction of sp³-hybridized carbons (Fsp3) is 0.450. The van der Waals surface area contributed by atoms with Crippen molar-refractivity contribution in [1.82, 2.24) is 9.62 Å². The Hall–Kier alpha value is -1.70. The third-order valence-corrected chi connectivity index (χ3v) is 8.29. The number of thiophene rings is 1. The number of hydrogen-bond donors (Lipinski definition) is 1. The zero-order chi connectivity index (χ0) is 19.4. The molecule has 1 aromatic heterocycles. The van der Waals surface area contributed by atoms with Crippen LogP contribution in [0.4, 0.5) is 0 Å². The van der Waals surface area contributed by atoms with E-state index in [1.807, 2.05) is 38.1 Å². The predicted octanol–water partition coefficient (Wildman–Crippen LogP) is 3.72. The molecule has 0 aliphatic carbocycles. The lowest BCUT2D eigenvalue weighted by atomic mass is 9.97. The fourth-order valence-corrected chi connectivity index (χ4v) is 6.09. The number of nitrogens with zero attached hydrogens (tertiary/aromatic N) is 1. The van der Waals surface area contributed by atoms with Gasteiger partial charge in [0.25, 0.3) is 10.0 Å². The number of piperidine rings is 1. The lowest BCUT2D eigenvalue weighted by molar-refractivity contribution is -0.126. The van der Waals surface area contributed by atoms with Gasteiger partial charge in [0.1, 0.15) is 4.21 Å². The summed E-state index contributed by atoms with van der Waals surface area (Å²) in [7, 11) is -3.50. The number of aryl methyl sites for hydroxylation is 1. The Balaban J connectivity index is 1.68. The molecule has 1 aliphatic rings. The van der Waals surface area contributed by atoms with E-state index < -0.39 is 10.0 Å². The zero-order valence-electron chi connectivity index (χ0n) is 15.7. The number of carbonyl (C=O) groups is 1. The summed E-state index contributed by atoms with van der Waals surface area (Å²) in [6, 6.07) is 11.5. The maximum absolute atomic E-state index is 12.8. The molecule has 7 heteroatoms. The maximum Gasteiger partial charge on any atom is 0.252 e. The van der Waals surface area contributed by atoms with E-state index in [-0.39, 0.29) is 24.4 Å². The quantitative estimate of drug-likeness (QED) is 0.795. The molecule has 2 atom stereocenters. The SMILES string of the molecule is CC[C@H](NC(=O)[C@H]1CCCN(S(=O)(=O)c2cccs2)C1)c1ccc(C)cc1. The molecule has 0 unspecified atom stereocenters. The van der Waals surface area contributed by atoms with Gasteiger partial charge in [0.15, 0.2) is 0 Å². The van der Waals surface area contributed by atoms with Crippen LogP contribution in [0, 0.1) is 12.8 Å².